The molecule has 2 heterocycles. The van der Waals surface area contributed by atoms with Crippen LogP contribution in [0, 0.1) is 6.92 Å². The Hall–Kier alpha value is -2.45. The summed E-state index contributed by atoms with van der Waals surface area (Å²) in [5, 5.41) is 3.35. The number of nitrogens with one attached hydrogen (secondary N) is 1. The van der Waals surface area contributed by atoms with Gasteiger partial charge in [0.05, 0.1) is 11.3 Å². The highest BCUT2D eigenvalue weighted by Gasteiger charge is 2.13. The molecule has 0 spiro atoms. The fourth-order valence-corrected chi connectivity index (χ4v) is 2.76. The third-order valence-electron chi connectivity index (χ3n) is 4.50. The van der Waals surface area contributed by atoms with E-state index in [0.717, 1.165) is 44.7 Å². The minimum atomic E-state index is -0.807. The zero-order valence-corrected chi connectivity index (χ0v) is 16.8. The fourth-order valence-electron chi connectivity index (χ4n) is 2.76. The average Bonchev–Trinajstić information content (AvgIpc) is 3.03. The van der Waals surface area contributed by atoms with Crippen LogP contribution in [0.2, 0.25) is 0 Å². The van der Waals surface area contributed by atoms with Gasteiger partial charge in [-0.1, -0.05) is 13.8 Å². The lowest BCUT2D eigenvalue weighted by Gasteiger charge is -2.17. The van der Waals surface area contributed by atoms with E-state index in [9.17, 15) is 9.59 Å². The zero-order valence-electron chi connectivity index (χ0n) is 16.8. The smallest absolute Gasteiger partial charge is 0.454 e. The van der Waals surface area contributed by atoms with E-state index in [1.807, 2.05) is 0 Å². The number of hydrogen-bond acceptors (Lipinski definition) is 8. The molecule has 2 aromatic rings. The Labute approximate surface area is 164 Å². The molecule has 8 nitrogen and oxygen atoms in total. The van der Waals surface area contributed by atoms with Gasteiger partial charge in [0, 0.05) is 12.7 Å². The molecule has 0 bridgehead atoms. The summed E-state index contributed by atoms with van der Waals surface area (Å²) in [5.41, 5.74) is 1.17. The topological polar surface area (TPSA) is 97.8 Å². The summed E-state index contributed by atoms with van der Waals surface area (Å²) in [5.74, 6) is -0.804. The van der Waals surface area contributed by atoms with Crippen molar-refractivity contribution in [3.05, 3.63) is 51.7 Å². The van der Waals surface area contributed by atoms with Gasteiger partial charge in [0.1, 0.15) is 0 Å². The normalized spacial score (nSPS) is 11.1. The number of esters is 1. The highest BCUT2D eigenvalue weighted by Crippen LogP contribution is 2.10. The molecule has 0 aliphatic heterocycles. The van der Waals surface area contributed by atoms with Gasteiger partial charge >= 0.3 is 11.8 Å². The number of pyridine rings is 1. The predicted molar refractivity (Wildman–Crippen MR) is 104 cm³/mol. The summed E-state index contributed by atoms with van der Waals surface area (Å²) in [6.07, 6.45) is 3.82. The number of hydrogen-bond donors (Lipinski definition) is 1. The van der Waals surface area contributed by atoms with Crippen LogP contribution < -0.4 is 11.1 Å². The monoisotopic (exact) mass is 391 g/mol. The summed E-state index contributed by atoms with van der Waals surface area (Å²) >= 11 is 0. The predicted octanol–water partition coefficient (Wildman–Crippen LogP) is 2.50. The lowest BCUT2D eigenvalue weighted by Crippen LogP contribution is -2.25. The number of carbonyl (C=O) groups is 1. The number of carbonyl (C=O) groups excluding carboxylic acids is 1. The first kappa shape index (κ1) is 21.8. The van der Waals surface area contributed by atoms with Crippen molar-refractivity contribution >= 4 is 5.97 Å². The second-order valence-corrected chi connectivity index (χ2v) is 6.46. The SMILES string of the molecule is CCN(CC)CCCCNCc1cc(C(=O)OCc2oc(=O)oc2C)ccn1. The van der Waals surface area contributed by atoms with Crippen molar-refractivity contribution in [2.75, 3.05) is 26.2 Å². The van der Waals surface area contributed by atoms with Crippen molar-refractivity contribution in [3.8, 4) is 0 Å². The lowest BCUT2D eigenvalue weighted by molar-refractivity contribution is 0.0442. The summed E-state index contributed by atoms with van der Waals surface area (Å²) < 4.78 is 14.7. The van der Waals surface area contributed by atoms with Crippen molar-refractivity contribution < 1.29 is 18.4 Å². The van der Waals surface area contributed by atoms with Crippen LogP contribution in [-0.4, -0.2) is 42.0 Å². The van der Waals surface area contributed by atoms with Gasteiger partial charge in [-0.05, 0) is 58.1 Å². The van der Waals surface area contributed by atoms with Crippen LogP contribution in [0.3, 0.4) is 0 Å². The van der Waals surface area contributed by atoms with Crippen LogP contribution >= 0.6 is 0 Å². The van der Waals surface area contributed by atoms with Crippen molar-refractivity contribution in [2.24, 2.45) is 0 Å². The first-order valence-electron chi connectivity index (χ1n) is 9.68. The van der Waals surface area contributed by atoms with Gasteiger partial charge in [-0.2, -0.15) is 0 Å². The van der Waals surface area contributed by atoms with Crippen LogP contribution in [-0.2, 0) is 17.9 Å². The maximum absolute atomic E-state index is 12.2. The highest BCUT2D eigenvalue weighted by molar-refractivity contribution is 5.89. The molecule has 0 radical (unpaired) electrons. The summed E-state index contributed by atoms with van der Waals surface area (Å²) in [4.78, 5) is 29.9. The Morgan fingerprint density at radius 2 is 2.04 bits per heavy atom. The number of unbranched alkanes of at least 4 members (excludes halogenated alkanes) is 1. The molecule has 0 fully saturated rings. The zero-order chi connectivity index (χ0) is 20.4. The second kappa shape index (κ2) is 11.4. The lowest BCUT2D eigenvalue weighted by atomic mass is 10.2. The number of ether oxygens (including phenoxy) is 1. The molecule has 2 rings (SSSR count). The summed E-state index contributed by atoms with van der Waals surface area (Å²) in [6, 6.07) is 3.29. The van der Waals surface area contributed by atoms with Gasteiger partial charge in [0.15, 0.2) is 18.1 Å². The number of nitrogens with zero attached hydrogens (tertiary/aromatic N) is 2. The van der Waals surface area contributed by atoms with E-state index >= 15 is 0 Å². The first-order chi connectivity index (χ1) is 13.5. The van der Waals surface area contributed by atoms with E-state index in [1.165, 1.54) is 0 Å². The molecule has 0 aliphatic carbocycles. The molecule has 0 saturated heterocycles. The van der Waals surface area contributed by atoms with Gasteiger partial charge in [0.25, 0.3) is 0 Å². The molecule has 2 aromatic heterocycles. The van der Waals surface area contributed by atoms with E-state index in [1.54, 1.807) is 25.3 Å². The Bertz CT molecular complexity index is 795. The average molecular weight is 391 g/mol. The molecule has 0 amide bonds. The largest absolute Gasteiger partial charge is 0.519 e. The van der Waals surface area contributed by atoms with Gasteiger partial charge in [0.2, 0.25) is 0 Å². The van der Waals surface area contributed by atoms with Crippen LogP contribution in [0.5, 0.6) is 0 Å². The minimum Gasteiger partial charge on any atom is -0.454 e. The van der Waals surface area contributed by atoms with Crippen molar-refractivity contribution in [3.63, 3.8) is 0 Å². The molecule has 0 unspecified atom stereocenters. The Morgan fingerprint density at radius 1 is 1.25 bits per heavy atom. The van der Waals surface area contributed by atoms with E-state index in [-0.39, 0.29) is 12.4 Å². The second-order valence-electron chi connectivity index (χ2n) is 6.46. The van der Waals surface area contributed by atoms with Crippen molar-refractivity contribution in [2.45, 2.75) is 46.8 Å². The number of rotatable bonds is 12. The van der Waals surface area contributed by atoms with Crippen molar-refractivity contribution in [1.29, 1.82) is 0 Å². The molecule has 1 N–H and O–H groups in total. The minimum absolute atomic E-state index is 0.154. The van der Waals surface area contributed by atoms with E-state index in [0.29, 0.717) is 17.9 Å². The Balaban J connectivity index is 1.74. The molecular weight excluding hydrogens is 362 g/mol. The highest BCUT2D eigenvalue weighted by atomic mass is 16.6. The van der Waals surface area contributed by atoms with Gasteiger partial charge in [-0.15, -0.1) is 0 Å². The fraction of sp³-hybridized carbons (Fsp3) is 0.550. The van der Waals surface area contributed by atoms with Gasteiger partial charge < -0.3 is 23.8 Å². The van der Waals surface area contributed by atoms with Gasteiger partial charge in [-0.25, -0.2) is 9.59 Å². The number of aromatic nitrogens is 1. The standard InChI is InChI=1S/C20H29N3O5/c1-4-23(5-2)11-7-6-9-21-13-17-12-16(8-10-22-17)19(24)26-14-18-15(3)27-20(25)28-18/h8,10,12,21H,4-7,9,11,13-14H2,1-3H3. The maximum Gasteiger partial charge on any atom is 0.519 e. The molecule has 154 valence electrons. The van der Waals surface area contributed by atoms with Crippen LogP contribution in [0.15, 0.2) is 32.0 Å². The van der Waals surface area contributed by atoms with Crippen LogP contribution in [0.1, 0.15) is 54.3 Å². The quantitative estimate of drug-likeness (QED) is 0.435. The molecule has 0 atom stereocenters. The maximum atomic E-state index is 12.2. The summed E-state index contributed by atoms with van der Waals surface area (Å²) in [7, 11) is 0. The van der Waals surface area contributed by atoms with E-state index < -0.39 is 11.8 Å². The summed E-state index contributed by atoms with van der Waals surface area (Å²) in [6.45, 7) is 10.6. The molecule has 0 aromatic carbocycles. The van der Waals surface area contributed by atoms with Crippen molar-refractivity contribution in [1.82, 2.24) is 15.2 Å². The molecular formula is C20H29N3O5. The van der Waals surface area contributed by atoms with Crippen LogP contribution in [0.25, 0.3) is 0 Å². The van der Waals surface area contributed by atoms with E-state index in [4.69, 9.17) is 13.6 Å². The molecule has 8 heteroatoms. The third kappa shape index (κ3) is 6.94. The Morgan fingerprint density at radius 3 is 2.71 bits per heavy atom. The Kier molecular flexibility index (Phi) is 8.90. The molecule has 0 aliphatic rings. The first-order valence-corrected chi connectivity index (χ1v) is 9.68. The van der Waals surface area contributed by atoms with E-state index in [2.05, 4.69) is 29.0 Å². The molecule has 0 saturated carbocycles. The number of aryl methyl sites for hydroxylation is 1. The van der Waals surface area contributed by atoms with Crippen LogP contribution in [0.4, 0.5) is 0 Å². The molecule has 28 heavy (non-hydrogen) atoms. The van der Waals surface area contributed by atoms with Gasteiger partial charge in [-0.3, -0.25) is 4.98 Å². The third-order valence-corrected chi connectivity index (χ3v) is 4.50.